The lowest BCUT2D eigenvalue weighted by Crippen LogP contribution is -2.03. The van der Waals surface area contributed by atoms with Crippen LogP contribution < -0.4 is 0 Å². The Morgan fingerprint density at radius 2 is 2.14 bits per heavy atom. The van der Waals surface area contributed by atoms with E-state index in [0.717, 1.165) is 23.1 Å². The predicted octanol–water partition coefficient (Wildman–Crippen LogP) is 3.22. The van der Waals surface area contributed by atoms with Gasteiger partial charge in [-0.2, -0.15) is 5.10 Å². The van der Waals surface area contributed by atoms with Crippen LogP contribution in [0.5, 0.6) is 0 Å². The van der Waals surface area contributed by atoms with Crippen molar-refractivity contribution in [2.24, 2.45) is 7.05 Å². The lowest BCUT2D eigenvalue weighted by Gasteiger charge is -2.06. The van der Waals surface area contributed by atoms with Crippen LogP contribution in [0.2, 0.25) is 0 Å². The van der Waals surface area contributed by atoms with Gasteiger partial charge in [0.1, 0.15) is 0 Å². The summed E-state index contributed by atoms with van der Waals surface area (Å²) in [6, 6.07) is 0. The zero-order valence-electron chi connectivity index (χ0n) is 12.7. The van der Waals surface area contributed by atoms with Gasteiger partial charge in [0, 0.05) is 36.1 Å². The van der Waals surface area contributed by atoms with Crippen LogP contribution in [0.3, 0.4) is 0 Å². The molecule has 6 heteroatoms. The average Bonchev–Trinajstić information content (AvgIpc) is 3.15. The number of rotatable bonds is 4. The number of hydrogen-bond donors (Lipinski definition) is 0. The topological polar surface area (TPSA) is 48.5 Å². The van der Waals surface area contributed by atoms with E-state index in [2.05, 4.69) is 40.8 Å². The molecule has 0 bridgehead atoms. The molecule has 3 heterocycles. The Balaban J connectivity index is 1.91. The number of imidazole rings is 1. The third-order valence-electron chi connectivity index (χ3n) is 3.70. The predicted molar refractivity (Wildman–Crippen MR) is 84.5 cm³/mol. The molecule has 3 rings (SSSR count). The molecule has 0 aliphatic carbocycles. The first-order valence-electron chi connectivity index (χ1n) is 7.00. The van der Waals surface area contributed by atoms with E-state index < -0.39 is 0 Å². The molecular formula is C15H19N5S. The van der Waals surface area contributed by atoms with Crippen molar-refractivity contribution in [3.05, 3.63) is 40.9 Å². The molecule has 3 aromatic rings. The van der Waals surface area contributed by atoms with E-state index in [0.29, 0.717) is 5.92 Å². The summed E-state index contributed by atoms with van der Waals surface area (Å²) in [6.45, 7) is 7.17. The fourth-order valence-electron chi connectivity index (χ4n) is 2.17. The summed E-state index contributed by atoms with van der Waals surface area (Å²) < 4.78 is 4.03. The average molecular weight is 301 g/mol. The second-order valence-electron chi connectivity index (χ2n) is 5.49. The van der Waals surface area contributed by atoms with Crippen LogP contribution >= 0.6 is 11.3 Å². The minimum absolute atomic E-state index is 0.444. The Morgan fingerprint density at radius 1 is 1.33 bits per heavy atom. The highest BCUT2D eigenvalue weighted by atomic mass is 32.1. The molecule has 0 N–H and O–H groups in total. The van der Waals surface area contributed by atoms with Crippen molar-refractivity contribution in [2.75, 3.05) is 0 Å². The van der Waals surface area contributed by atoms with Gasteiger partial charge in [-0.05, 0) is 12.8 Å². The first kappa shape index (κ1) is 14.0. The highest BCUT2D eigenvalue weighted by Crippen LogP contribution is 2.26. The summed E-state index contributed by atoms with van der Waals surface area (Å²) in [5, 5.41) is 7.39. The van der Waals surface area contributed by atoms with Gasteiger partial charge in [0.25, 0.3) is 0 Å². The van der Waals surface area contributed by atoms with Gasteiger partial charge in [-0.1, -0.05) is 13.8 Å². The van der Waals surface area contributed by atoms with Crippen LogP contribution in [0.15, 0.2) is 24.0 Å². The quantitative estimate of drug-likeness (QED) is 0.743. The molecule has 0 atom stereocenters. The van der Waals surface area contributed by atoms with Crippen LogP contribution in [0.4, 0.5) is 0 Å². The van der Waals surface area contributed by atoms with E-state index in [1.165, 1.54) is 11.3 Å². The summed E-state index contributed by atoms with van der Waals surface area (Å²) in [7, 11) is 1.96. The van der Waals surface area contributed by atoms with E-state index >= 15 is 0 Å². The van der Waals surface area contributed by atoms with Gasteiger partial charge in [0.05, 0.1) is 18.4 Å². The summed E-state index contributed by atoms with van der Waals surface area (Å²) in [6.07, 6.45) is 5.75. The largest absolute Gasteiger partial charge is 0.324 e. The van der Waals surface area contributed by atoms with Crippen molar-refractivity contribution in [2.45, 2.75) is 33.2 Å². The fraction of sp³-hybridized carbons (Fsp3) is 0.400. The summed E-state index contributed by atoms with van der Waals surface area (Å²) in [5.74, 6) is 1.37. The van der Waals surface area contributed by atoms with E-state index in [1.807, 2.05) is 30.3 Å². The molecule has 0 saturated carbocycles. The Kier molecular flexibility index (Phi) is 3.63. The third kappa shape index (κ3) is 2.63. The van der Waals surface area contributed by atoms with E-state index in [4.69, 9.17) is 4.98 Å². The first-order valence-corrected chi connectivity index (χ1v) is 7.88. The fourth-order valence-corrected chi connectivity index (χ4v) is 3.16. The van der Waals surface area contributed by atoms with E-state index in [9.17, 15) is 0 Å². The second-order valence-corrected chi connectivity index (χ2v) is 6.35. The first-order chi connectivity index (χ1) is 10.1. The highest BCUT2D eigenvalue weighted by Gasteiger charge is 2.14. The van der Waals surface area contributed by atoms with Gasteiger partial charge in [-0.3, -0.25) is 4.68 Å². The van der Waals surface area contributed by atoms with Gasteiger partial charge < -0.3 is 4.57 Å². The number of hydrogen-bond acceptors (Lipinski definition) is 4. The Hall–Kier alpha value is -1.95. The van der Waals surface area contributed by atoms with Crippen LogP contribution in [-0.2, 0) is 13.6 Å². The number of thiazole rings is 1. The number of nitrogens with zero attached hydrogens (tertiary/aromatic N) is 5. The molecule has 0 spiro atoms. The van der Waals surface area contributed by atoms with Crippen LogP contribution in [0, 0.1) is 6.92 Å². The SMILES string of the molecule is Cc1c(Cn2ccnc2-c2nc(C(C)C)cs2)cnn1C. The van der Waals surface area contributed by atoms with Crippen molar-refractivity contribution < 1.29 is 0 Å². The maximum atomic E-state index is 4.70. The van der Waals surface area contributed by atoms with Crippen LogP contribution in [0.1, 0.15) is 36.7 Å². The maximum absolute atomic E-state index is 4.70. The van der Waals surface area contributed by atoms with E-state index in [1.54, 1.807) is 11.3 Å². The molecule has 0 radical (unpaired) electrons. The lowest BCUT2D eigenvalue weighted by atomic mass is 10.2. The van der Waals surface area contributed by atoms with Crippen molar-refractivity contribution in [3.63, 3.8) is 0 Å². The molecule has 0 saturated heterocycles. The summed E-state index contributed by atoms with van der Waals surface area (Å²) in [5.41, 5.74) is 3.51. The minimum Gasteiger partial charge on any atom is -0.324 e. The zero-order chi connectivity index (χ0) is 15.0. The van der Waals surface area contributed by atoms with Crippen LogP contribution in [0.25, 0.3) is 10.8 Å². The summed E-state index contributed by atoms with van der Waals surface area (Å²) >= 11 is 1.65. The van der Waals surface area contributed by atoms with Gasteiger partial charge in [0.2, 0.25) is 0 Å². The van der Waals surface area contributed by atoms with Gasteiger partial charge >= 0.3 is 0 Å². The maximum Gasteiger partial charge on any atom is 0.169 e. The van der Waals surface area contributed by atoms with Gasteiger partial charge in [-0.25, -0.2) is 9.97 Å². The van der Waals surface area contributed by atoms with Gasteiger partial charge in [0.15, 0.2) is 10.8 Å². The molecule has 21 heavy (non-hydrogen) atoms. The molecule has 5 nitrogen and oxygen atoms in total. The number of aryl methyl sites for hydroxylation is 1. The van der Waals surface area contributed by atoms with Crippen LogP contribution in [-0.4, -0.2) is 24.3 Å². The minimum atomic E-state index is 0.444. The normalized spacial score (nSPS) is 11.5. The Bertz CT molecular complexity index is 750. The number of aromatic nitrogens is 5. The molecule has 110 valence electrons. The zero-order valence-corrected chi connectivity index (χ0v) is 13.6. The second kappa shape index (κ2) is 5.44. The molecule has 0 unspecified atom stereocenters. The smallest absolute Gasteiger partial charge is 0.169 e. The third-order valence-corrected chi connectivity index (χ3v) is 4.55. The molecule has 0 aromatic carbocycles. The standard InChI is InChI=1S/C15H19N5S/c1-10(2)13-9-21-15(18-13)14-16-5-6-20(14)8-12-7-17-19(4)11(12)3/h5-7,9-10H,8H2,1-4H3. The Labute approximate surface area is 128 Å². The molecular weight excluding hydrogens is 282 g/mol. The molecule has 3 aromatic heterocycles. The van der Waals surface area contributed by atoms with Crippen molar-refractivity contribution in [3.8, 4) is 10.8 Å². The summed E-state index contributed by atoms with van der Waals surface area (Å²) in [4.78, 5) is 9.17. The Morgan fingerprint density at radius 3 is 2.76 bits per heavy atom. The molecule has 0 aliphatic rings. The molecule has 0 aliphatic heterocycles. The molecule has 0 fully saturated rings. The van der Waals surface area contributed by atoms with Crippen molar-refractivity contribution >= 4 is 11.3 Å². The van der Waals surface area contributed by atoms with E-state index in [-0.39, 0.29) is 0 Å². The highest BCUT2D eigenvalue weighted by molar-refractivity contribution is 7.13. The lowest BCUT2D eigenvalue weighted by molar-refractivity contribution is 0.732. The van der Waals surface area contributed by atoms with Crippen molar-refractivity contribution in [1.29, 1.82) is 0 Å². The van der Waals surface area contributed by atoms with Crippen molar-refractivity contribution in [1.82, 2.24) is 24.3 Å². The molecule has 0 amide bonds. The van der Waals surface area contributed by atoms with Gasteiger partial charge in [-0.15, -0.1) is 11.3 Å². The monoisotopic (exact) mass is 301 g/mol.